The molecule has 0 amide bonds. The van der Waals surface area contributed by atoms with Gasteiger partial charge in [0.25, 0.3) is 0 Å². The third-order valence-electron chi connectivity index (χ3n) is 6.99. The quantitative estimate of drug-likeness (QED) is 0.421. The maximum Gasteiger partial charge on any atom is 0.180 e. The van der Waals surface area contributed by atoms with Crippen molar-refractivity contribution in [1.29, 1.82) is 0 Å². The Labute approximate surface area is 217 Å². The summed E-state index contributed by atoms with van der Waals surface area (Å²) in [5.74, 6) is 2.26. The van der Waals surface area contributed by atoms with Gasteiger partial charge in [0.15, 0.2) is 9.35 Å². The third kappa shape index (κ3) is 4.69. The van der Waals surface area contributed by atoms with E-state index in [2.05, 4.69) is 39.3 Å². The smallest absolute Gasteiger partial charge is 0.180 e. The average molecular weight is 601 g/mol. The number of aliphatic hydroxyl groups is 1. The highest BCUT2D eigenvalue weighted by molar-refractivity contribution is 14.1. The first-order chi connectivity index (χ1) is 15.9. The number of fused-ring (bicyclic) bond motifs is 1. The number of piperidine rings is 1. The molecule has 0 spiro atoms. The van der Waals surface area contributed by atoms with E-state index in [1.807, 2.05) is 23.0 Å². The monoisotopic (exact) mass is 600 g/mol. The number of hydrogen-bond acceptors (Lipinski definition) is 6. The van der Waals surface area contributed by atoms with Gasteiger partial charge in [0.05, 0.1) is 18.8 Å². The molecule has 2 aliphatic rings. The summed E-state index contributed by atoms with van der Waals surface area (Å²) in [6.07, 6.45) is 4.36. The Morgan fingerprint density at radius 2 is 2.03 bits per heavy atom. The molecular formula is C23H27Cl2IN6O. The summed E-state index contributed by atoms with van der Waals surface area (Å²) >= 11 is 14.8. The molecule has 176 valence electrons. The molecule has 1 N–H and O–H groups in total. The van der Waals surface area contributed by atoms with Crippen molar-refractivity contribution >= 4 is 62.8 Å². The first-order valence-corrected chi connectivity index (χ1v) is 13.2. The molecule has 0 aliphatic carbocycles. The second-order valence-corrected chi connectivity index (χ2v) is 10.9. The van der Waals surface area contributed by atoms with Crippen LogP contribution in [0.3, 0.4) is 0 Å². The minimum Gasteiger partial charge on any atom is -0.395 e. The largest absolute Gasteiger partial charge is 0.395 e. The Hall–Kier alpha value is -1.20. The van der Waals surface area contributed by atoms with Crippen molar-refractivity contribution in [2.24, 2.45) is 11.8 Å². The van der Waals surface area contributed by atoms with Crippen molar-refractivity contribution < 1.29 is 5.11 Å². The lowest BCUT2D eigenvalue weighted by atomic mass is 9.80. The molecule has 1 aromatic carbocycles. The average Bonchev–Trinajstić information content (AvgIpc) is 3.09. The van der Waals surface area contributed by atoms with Gasteiger partial charge in [-0.05, 0) is 78.4 Å². The molecule has 2 atom stereocenters. The fraction of sp³-hybridized carbons (Fsp3) is 0.522. The van der Waals surface area contributed by atoms with E-state index < -0.39 is 0 Å². The fourth-order valence-electron chi connectivity index (χ4n) is 5.08. The Kier molecular flexibility index (Phi) is 7.00. The van der Waals surface area contributed by atoms with Crippen molar-refractivity contribution in [1.82, 2.24) is 24.6 Å². The molecule has 0 unspecified atom stereocenters. The lowest BCUT2D eigenvalue weighted by molar-refractivity contribution is 0.101. The molecule has 4 heterocycles. The van der Waals surface area contributed by atoms with Gasteiger partial charge in [-0.2, -0.15) is 5.10 Å². The highest BCUT2D eigenvalue weighted by atomic mass is 127. The van der Waals surface area contributed by atoms with Crippen molar-refractivity contribution in [3.8, 4) is 0 Å². The SMILES string of the molecule is C[C@H](c1ccc(Cl)cc1Cl)n1nc(I)c2ncc(N3CC([C@H]4CCCN(CCO)C4)C3)nc21. The van der Waals surface area contributed by atoms with Crippen LogP contribution in [0.4, 0.5) is 5.82 Å². The summed E-state index contributed by atoms with van der Waals surface area (Å²) in [4.78, 5) is 14.4. The number of hydrogen-bond donors (Lipinski definition) is 1. The van der Waals surface area contributed by atoms with E-state index in [4.69, 9.17) is 38.3 Å². The Morgan fingerprint density at radius 3 is 2.79 bits per heavy atom. The summed E-state index contributed by atoms with van der Waals surface area (Å²) in [6, 6.07) is 5.45. The molecule has 0 saturated carbocycles. The van der Waals surface area contributed by atoms with E-state index in [1.54, 1.807) is 6.07 Å². The molecule has 5 rings (SSSR count). The molecule has 33 heavy (non-hydrogen) atoms. The topological polar surface area (TPSA) is 70.3 Å². The van der Waals surface area contributed by atoms with Crippen LogP contribution in [0.1, 0.15) is 31.4 Å². The summed E-state index contributed by atoms with van der Waals surface area (Å²) < 4.78 is 2.74. The fourth-order valence-corrected chi connectivity index (χ4v) is 6.26. The zero-order chi connectivity index (χ0) is 23.1. The number of halogens is 3. The molecule has 2 aliphatic heterocycles. The van der Waals surface area contributed by atoms with Gasteiger partial charge >= 0.3 is 0 Å². The Balaban J connectivity index is 1.35. The number of anilines is 1. The second kappa shape index (κ2) is 9.81. The summed E-state index contributed by atoms with van der Waals surface area (Å²) in [7, 11) is 0. The zero-order valence-electron chi connectivity index (χ0n) is 18.5. The van der Waals surface area contributed by atoms with Crippen LogP contribution in [0.5, 0.6) is 0 Å². The van der Waals surface area contributed by atoms with Gasteiger partial charge in [0.2, 0.25) is 0 Å². The van der Waals surface area contributed by atoms with Crippen molar-refractivity contribution in [3.63, 3.8) is 0 Å². The van der Waals surface area contributed by atoms with Crippen LogP contribution in [-0.2, 0) is 0 Å². The molecule has 0 radical (unpaired) electrons. The van der Waals surface area contributed by atoms with E-state index >= 15 is 0 Å². The lowest BCUT2D eigenvalue weighted by Gasteiger charge is -2.47. The predicted molar refractivity (Wildman–Crippen MR) is 140 cm³/mol. The minimum absolute atomic E-state index is 0.103. The first kappa shape index (κ1) is 23.5. The maximum absolute atomic E-state index is 9.27. The normalized spacial score (nSPS) is 20.9. The van der Waals surface area contributed by atoms with Crippen molar-refractivity contribution in [2.75, 3.05) is 44.2 Å². The zero-order valence-corrected chi connectivity index (χ0v) is 22.1. The van der Waals surface area contributed by atoms with E-state index in [0.29, 0.717) is 21.9 Å². The van der Waals surface area contributed by atoms with E-state index in [1.165, 1.54) is 12.8 Å². The van der Waals surface area contributed by atoms with Crippen LogP contribution in [0, 0.1) is 15.5 Å². The van der Waals surface area contributed by atoms with Gasteiger partial charge < -0.3 is 14.9 Å². The maximum atomic E-state index is 9.27. The van der Waals surface area contributed by atoms with Crippen molar-refractivity contribution in [3.05, 3.63) is 43.7 Å². The van der Waals surface area contributed by atoms with Crippen LogP contribution < -0.4 is 4.90 Å². The number of aliphatic hydroxyl groups excluding tert-OH is 1. The highest BCUT2D eigenvalue weighted by Crippen LogP contribution is 2.35. The molecule has 7 nitrogen and oxygen atoms in total. The van der Waals surface area contributed by atoms with E-state index in [0.717, 1.165) is 59.0 Å². The molecule has 2 aromatic heterocycles. The molecule has 3 aromatic rings. The van der Waals surface area contributed by atoms with Gasteiger partial charge in [-0.15, -0.1) is 0 Å². The number of β-amino-alcohol motifs (C(OH)–C–C–N with tert-alkyl or cyclic N) is 1. The minimum atomic E-state index is -0.103. The first-order valence-electron chi connectivity index (χ1n) is 11.4. The van der Waals surface area contributed by atoms with Gasteiger partial charge in [-0.1, -0.05) is 29.3 Å². The Bertz CT molecular complexity index is 1150. The van der Waals surface area contributed by atoms with Crippen LogP contribution in [0.15, 0.2) is 24.4 Å². The summed E-state index contributed by atoms with van der Waals surface area (Å²) in [6.45, 7) is 7.29. The molecule has 2 saturated heterocycles. The second-order valence-electron chi connectivity index (χ2n) is 9.07. The third-order valence-corrected chi connectivity index (χ3v) is 8.28. The standard InChI is InChI=1S/C23H27Cl2IN6O/c1-14(18-5-4-17(24)9-19(18)25)32-23-21(22(26)29-32)27-10-20(28-23)31-12-16(13-31)15-3-2-6-30(11-15)7-8-33/h4-5,9-10,14-16,33H,2-3,6-8,11-13H2,1H3/t14-,15+/m1/s1. The van der Waals surface area contributed by atoms with Gasteiger partial charge in [-0.3, -0.25) is 0 Å². The van der Waals surface area contributed by atoms with Gasteiger partial charge in [0, 0.05) is 36.2 Å². The van der Waals surface area contributed by atoms with Crippen LogP contribution in [0.25, 0.3) is 11.2 Å². The molecule has 0 bridgehead atoms. The number of aromatic nitrogens is 4. The van der Waals surface area contributed by atoms with Crippen molar-refractivity contribution in [2.45, 2.75) is 25.8 Å². The predicted octanol–water partition coefficient (Wildman–Crippen LogP) is 4.49. The molecule has 10 heteroatoms. The van der Waals surface area contributed by atoms with Crippen LogP contribution in [-0.4, -0.2) is 69.1 Å². The highest BCUT2D eigenvalue weighted by Gasteiger charge is 2.36. The van der Waals surface area contributed by atoms with E-state index in [-0.39, 0.29) is 12.6 Å². The lowest BCUT2D eigenvalue weighted by Crippen LogP contribution is -2.54. The number of likely N-dealkylation sites (tertiary alicyclic amines) is 1. The molecular weight excluding hydrogens is 574 g/mol. The summed E-state index contributed by atoms with van der Waals surface area (Å²) in [5, 5.41) is 15.2. The van der Waals surface area contributed by atoms with Gasteiger partial charge in [0.1, 0.15) is 11.3 Å². The van der Waals surface area contributed by atoms with Crippen LogP contribution in [0.2, 0.25) is 10.0 Å². The van der Waals surface area contributed by atoms with Crippen LogP contribution >= 0.6 is 45.8 Å². The number of benzene rings is 1. The van der Waals surface area contributed by atoms with Gasteiger partial charge in [-0.25, -0.2) is 14.6 Å². The Morgan fingerprint density at radius 1 is 1.21 bits per heavy atom. The summed E-state index contributed by atoms with van der Waals surface area (Å²) in [5.41, 5.74) is 2.52. The number of rotatable bonds is 6. The van der Waals surface area contributed by atoms with E-state index in [9.17, 15) is 5.11 Å². The molecule has 2 fully saturated rings. The number of nitrogens with zero attached hydrogens (tertiary/aromatic N) is 6.